The van der Waals surface area contributed by atoms with Crippen molar-refractivity contribution in [2.75, 3.05) is 0 Å². The van der Waals surface area contributed by atoms with Gasteiger partial charge in [-0.3, -0.25) is 4.79 Å². The lowest BCUT2D eigenvalue weighted by molar-refractivity contribution is -0.119. The summed E-state index contributed by atoms with van der Waals surface area (Å²) in [6.45, 7) is 7.69. The van der Waals surface area contributed by atoms with E-state index >= 15 is 0 Å². The van der Waals surface area contributed by atoms with E-state index < -0.39 is 0 Å². The minimum atomic E-state index is -0.236. The van der Waals surface area contributed by atoms with Crippen molar-refractivity contribution in [3.8, 4) is 5.69 Å². The highest BCUT2D eigenvalue weighted by Gasteiger charge is 2.36. The predicted molar refractivity (Wildman–Crippen MR) is 112 cm³/mol. The number of carbonyl (C=O) groups excluding carboxylic acids is 1. The number of benzene rings is 1. The Labute approximate surface area is 171 Å². The number of halogens is 1. The molecule has 1 unspecified atom stereocenters. The van der Waals surface area contributed by atoms with Gasteiger partial charge < -0.3 is 5.32 Å². The molecule has 0 saturated carbocycles. The van der Waals surface area contributed by atoms with E-state index in [2.05, 4.69) is 23.9 Å². The monoisotopic (exact) mass is 393 g/mol. The number of hydrogen-bond donors (Lipinski definition) is 1. The van der Waals surface area contributed by atoms with Crippen molar-refractivity contribution in [3.63, 3.8) is 0 Å². The summed E-state index contributed by atoms with van der Waals surface area (Å²) in [5.41, 5.74) is 6.43. The normalized spacial score (nSPS) is 21.5. The molecule has 0 fully saturated rings. The van der Waals surface area contributed by atoms with Gasteiger partial charge in [-0.2, -0.15) is 5.10 Å². The molecule has 0 radical (unpaired) electrons. The highest BCUT2D eigenvalue weighted by Crippen LogP contribution is 2.48. The molecule has 0 saturated heterocycles. The number of nitrogens with zero attached hydrogens (tertiary/aromatic N) is 2. The number of hydrogen-bond acceptors (Lipinski definition) is 2. The van der Waals surface area contributed by atoms with E-state index in [-0.39, 0.29) is 17.8 Å². The summed E-state index contributed by atoms with van der Waals surface area (Å²) in [6, 6.07) is 6.66. The van der Waals surface area contributed by atoms with Crippen molar-refractivity contribution in [2.24, 2.45) is 5.92 Å². The molecule has 5 heteroatoms. The maximum absolute atomic E-state index is 13.3. The molecular weight excluding hydrogens is 365 g/mol. The van der Waals surface area contributed by atoms with Gasteiger partial charge in [-0.15, -0.1) is 6.58 Å². The van der Waals surface area contributed by atoms with Gasteiger partial charge in [0.15, 0.2) is 0 Å². The van der Waals surface area contributed by atoms with Crippen LogP contribution < -0.4 is 5.32 Å². The van der Waals surface area contributed by atoms with Crippen LogP contribution in [0.25, 0.3) is 5.69 Å². The smallest absolute Gasteiger partial charge is 0.217 e. The van der Waals surface area contributed by atoms with Gasteiger partial charge in [0, 0.05) is 30.9 Å². The average Bonchev–Trinajstić information content (AvgIpc) is 3.27. The molecule has 1 heterocycles. The fourth-order valence-electron chi connectivity index (χ4n) is 5.18. The van der Waals surface area contributed by atoms with Crippen LogP contribution in [0.2, 0.25) is 0 Å². The molecule has 2 aliphatic carbocycles. The summed E-state index contributed by atoms with van der Waals surface area (Å²) >= 11 is 0. The first-order chi connectivity index (χ1) is 14.0. The topological polar surface area (TPSA) is 46.9 Å². The third kappa shape index (κ3) is 3.78. The van der Waals surface area contributed by atoms with Crippen LogP contribution >= 0.6 is 0 Å². The van der Waals surface area contributed by atoms with Crippen molar-refractivity contribution in [1.82, 2.24) is 15.1 Å². The van der Waals surface area contributed by atoms with Gasteiger partial charge >= 0.3 is 0 Å². The van der Waals surface area contributed by atoms with Gasteiger partial charge in [-0.05, 0) is 55.9 Å². The van der Waals surface area contributed by atoms with Gasteiger partial charge in [0.05, 0.1) is 17.6 Å². The van der Waals surface area contributed by atoms with Crippen LogP contribution in [0.3, 0.4) is 0 Å². The molecule has 1 N–H and O–H groups in total. The van der Waals surface area contributed by atoms with E-state index in [1.165, 1.54) is 34.5 Å². The molecule has 3 atom stereocenters. The molecule has 1 aromatic carbocycles. The molecule has 1 amide bonds. The van der Waals surface area contributed by atoms with Gasteiger partial charge in [0.2, 0.25) is 5.91 Å². The highest BCUT2D eigenvalue weighted by molar-refractivity contribution is 5.73. The van der Waals surface area contributed by atoms with E-state index in [1.807, 2.05) is 17.0 Å². The van der Waals surface area contributed by atoms with Crippen molar-refractivity contribution < 1.29 is 9.18 Å². The van der Waals surface area contributed by atoms with Crippen LogP contribution in [0.4, 0.5) is 4.39 Å². The first-order valence-electron chi connectivity index (χ1n) is 10.4. The number of allylic oxidation sites excluding steroid dienone is 2. The first kappa shape index (κ1) is 19.6. The van der Waals surface area contributed by atoms with Crippen LogP contribution in [0.15, 0.2) is 54.3 Å². The number of fused-ring (bicyclic) bond motifs is 1. The Balaban J connectivity index is 1.59. The maximum atomic E-state index is 13.3. The lowest BCUT2D eigenvalue weighted by Gasteiger charge is -2.29. The Hall–Kier alpha value is -2.69. The molecule has 4 rings (SSSR count). The van der Waals surface area contributed by atoms with Crippen LogP contribution in [0.5, 0.6) is 0 Å². The molecule has 29 heavy (non-hydrogen) atoms. The Morgan fingerprint density at radius 1 is 1.41 bits per heavy atom. The fraction of sp³-hybridized carbons (Fsp3) is 0.417. The zero-order chi connectivity index (χ0) is 20.5. The molecule has 152 valence electrons. The Morgan fingerprint density at radius 2 is 2.17 bits per heavy atom. The minimum Gasteiger partial charge on any atom is -0.353 e. The summed E-state index contributed by atoms with van der Waals surface area (Å²) in [5.74, 6) is 0.583. The van der Waals surface area contributed by atoms with E-state index in [0.717, 1.165) is 37.8 Å². The SMILES string of the molecule is C=CCC(C[C@H]1CCC2=C1[C@@H](C)c1cnn(-c3ccc(F)cc3)c1C2)NC(C)=O. The number of aromatic nitrogens is 2. The second-order valence-electron chi connectivity index (χ2n) is 8.29. The van der Waals surface area contributed by atoms with E-state index in [4.69, 9.17) is 0 Å². The second kappa shape index (κ2) is 7.97. The van der Waals surface area contributed by atoms with Crippen molar-refractivity contribution in [1.29, 1.82) is 0 Å². The van der Waals surface area contributed by atoms with Gasteiger partial charge in [0.25, 0.3) is 0 Å². The van der Waals surface area contributed by atoms with Crippen LogP contribution in [0.1, 0.15) is 56.7 Å². The maximum Gasteiger partial charge on any atom is 0.217 e. The number of amides is 1. The van der Waals surface area contributed by atoms with Crippen molar-refractivity contribution in [3.05, 3.63) is 71.3 Å². The molecule has 1 aromatic heterocycles. The molecular formula is C24H28FN3O. The molecule has 0 aliphatic heterocycles. The van der Waals surface area contributed by atoms with Crippen molar-refractivity contribution >= 4 is 5.91 Å². The first-order valence-corrected chi connectivity index (χ1v) is 10.4. The highest BCUT2D eigenvalue weighted by atomic mass is 19.1. The summed E-state index contributed by atoms with van der Waals surface area (Å²) in [4.78, 5) is 11.6. The molecule has 2 aliphatic rings. The van der Waals surface area contributed by atoms with E-state index in [0.29, 0.717) is 11.8 Å². The van der Waals surface area contributed by atoms with E-state index in [9.17, 15) is 9.18 Å². The zero-order valence-electron chi connectivity index (χ0n) is 17.1. The zero-order valence-corrected chi connectivity index (χ0v) is 17.1. The number of nitrogens with one attached hydrogen (secondary N) is 1. The van der Waals surface area contributed by atoms with Crippen LogP contribution in [-0.4, -0.2) is 21.7 Å². The molecule has 2 aromatic rings. The Morgan fingerprint density at radius 3 is 2.86 bits per heavy atom. The Bertz CT molecular complexity index is 957. The van der Waals surface area contributed by atoms with E-state index in [1.54, 1.807) is 19.1 Å². The fourth-order valence-corrected chi connectivity index (χ4v) is 5.18. The third-order valence-electron chi connectivity index (χ3n) is 6.36. The summed E-state index contributed by atoms with van der Waals surface area (Å²) in [5, 5.41) is 7.71. The lowest BCUT2D eigenvalue weighted by atomic mass is 9.78. The van der Waals surface area contributed by atoms with Gasteiger partial charge in [-0.1, -0.05) is 24.1 Å². The molecule has 4 nitrogen and oxygen atoms in total. The molecule has 0 bridgehead atoms. The summed E-state index contributed by atoms with van der Waals surface area (Å²) in [7, 11) is 0. The number of rotatable bonds is 6. The summed E-state index contributed by atoms with van der Waals surface area (Å²) < 4.78 is 15.3. The van der Waals surface area contributed by atoms with Gasteiger partial charge in [-0.25, -0.2) is 9.07 Å². The number of carbonyl (C=O) groups is 1. The minimum absolute atomic E-state index is 0.0172. The third-order valence-corrected chi connectivity index (χ3v) is 6.36. The Kier molecular flexibility index (Phi) is 5.39. The molecule has 0 spiro atoms. The standard InChI is InChI=1S/C24H28FN3O/c1-4-5-20(27-16(3)29)12-17-6-7-18-13-23-22(15(2)24(17)18)14-26-28(23)21-10-8-19(25)9-11-21/h4,8-11,14-15,17,20H,1,5-7,12-13H2,2-3H3,(H,27,29)/t15-,17+,20?/m0/s1. The summed E-state index contributed by atoms with van der Waals surface area (Å²) in [6.07, 6.45) is 8.74. The largest absolute Gasteiger partial charge is 0.353 e. The lowest BCUT2D eigenvalue weighted by Crippen LogP contribution is -2.34. The van der Waals surface area contributed by atoms with Crippen LogP contribution in [-0.2, 0) is 11.2 Å². The van der Waals surface area contributed by atoms with Crippen LogP contribution in [0, 0.1) is 11.7 Å². The second-order valence-corrected chi connectivity index (χ2v) is 8.29. The average molecular weight is 394 g/mol. The predicted octanol–water partition coefficient (Wildman–Crippen LogP) is 4.85. The van der Waals surface area contributed by atoms with Gasteiger partial charge in [0.1, 0.15) is 5.82 Å². The van der Waals surface area contributed by atoms with Crippen molar-refractivity contribution in [2.45, 2.75) is 57.9 Å². The quantitative estimate of drug-likeness (QED) is 0.713.